The maximum Gasteiger partial charge on any atom is 0.137 e. The Kier molecular flexibility index (Phi) is 4.57. The van der Waals surface area contributed by atoms with Crippen molar-refractivity contribution >= 4 is 28.9 Å². The minimum absolute atomic E-state index is 0.116. The lowest BCUT2D eigenvalue weighted by Crippen LogP contribution is -2.44. The van der Waals surface area contributed by atoms with Gasteiger partial charge in [-0.05, 0) is 48.2 Å². The first kappa shape index (κ1) is 20.4. The van der Waals surface area contributed by atoms with Crippen LogP contribution in [0.2, 0.25) is 10.0 Å². The molecule has 0 saturated heterocycles. The fourth-order valence-corrected chi connectivity index (χ4v) is 5.61. The molecule has 2 aromatic heterocycles. The molecular weight excluding hydrogens is 459 g/mol. The van der Waals surface area contributed by atoms with Crippen LogP contribution in [-0.2, 0) is 11.1 Å². The van der Waals surface area contributed by atoms with Crippen LogP contribution in [-0.4, -0.2) is 35.2 Å². The number of hydrogen-bond acceptors (Lipinski definition) is 6. The molecule has 4 unspecified atom stereocenters. The van der Waals surface area contributed by atoms with E-state index in [9.17, 15) is 0 Å². The predicted molar refractivity (Wildman–Crippen MR) is 125 cm³/mol. The van der Waals surface area contributed by atoms with Gasteiger partial charge in [-0.25, -0.2) is 19.3 Å². The Bertz CT molecular complexity index is 1200. The van der Waals surface area contributed by atoms with E-state index in [1.165, 1.54) is 0 Å². The summed E-state index contributed by atoms with van der Waals surface area (Å²) >= 11 is 12.3. The smallest absolute Gasteiger partial charge is 0.137 e. The summed E-state index contributed by atoms with van der Waals surface area (Å²) in [6, 6.07) is 15.8. The Balaban J connectivity index is 1.49. The molecule has 2 aliphatic carbocycles. The van der Waals surface area contributed by atoms with Gasteiger partial charge < -0.3 is 5.84 Å². The highest BCUT2D eigenvalue weighted by Crippen LogP contribution is 2.67. The Morgan fingerprint density at radius 1 is 0.788 bits per heavy atom. The molecule has 2 heterocycles. The first-order valence-electron chi connectivity index (χ1n) is 10.6. The molecule has 2 aromatic carbocycles. The fraction of sp³-hybridized carbons (Fsp3) is 0.261. The van der Waals surface area contributed by atoms with Crippen LogP contribution in [0.25, 0.3) is 0 Å². The molecule has 33 heavy (non-hydrogen) atoms. The first-order valence-corrected chi connectivity index (χ1v) is 11.3. The van der Waals surface area contributed by atoms with Crippen molar-refractivity contribution in [2.24, 2.45) is 10.9 Å². The zero-order chi connectivity index (χ0) is 22.6. The molecule has 2 fully saturated rings. The van der Waals surface area contributed by atoms with Crippen LogP contribution in [0.1, 0.15) is 35.8 Å². The third-order valence-corrected chi connectivity index (χ3v) is 7.52. The predicted octanol–water partition coefficient (Wildman–Crippen LogP) is 3.96. The van der Waals surface area contributed by atoms with Crippen LogP contribution >= 0.6 is 23.2 Å². The van der Waals surface area contributed by atoms with Crippen LogP contribution < -0.4 is 5.84 Å². The van der Waals surface area contributed by atoms with Crippen LogP contribution in [0.15, 0.2) is 78.9 Å². The average Bonchev–Trinajstić information content (AvgIpc) is 3.52. The van der Waals surface area contributed by atoms with E-state index in [-0.39, 0.29) is 11.8 Å². The van der Waals surface area contributed by atoms with E-state index in [2.05, 4.69) is 25.3 Å². The Morgan fingerprint density at radius 3 is 1.55 bits per heavy atom. The van der Waals surface area contributed by atoms with E-state index in [0.29, 0.717) is 10.0 Å². The minimum Gasteiger partial charge on any atom is -0.323 e. The molecule has 2 N–H and O–H groups in total. The lowest BCUT2D eigenvalue weighted by atomic mass is 9.91. The third-order valence-electron chi connectivity index (χ3n) is 7.01. The van der Waals surface area contributed by atoms with Gasteiger partial charge in [0.05, 0.1) is 5.71 Å². The van der Waals surface area contributed by atoms with Crippen molar-refractivity contribution in [3.05, 3.63) is 95.0 Å². The summed E-state index contributed by atoms with van der Waals surface area (Å²) in [5.41, 5.74) is 1.98. The van der Waals surface area contributed by atoms with Crippen LogP contribution in [0.3, 0.4) is 0 Å². The van der Waals surface area contributed by atoms with Crippen molar-refractivity contribution in [1.82, 2.24) is 29.5 Å². The molecular formula is C23H20Cl2N8. The highest BCUT2D eigenvalue weighted by Gasteiger charge is 2.73. The van der Waals surface area contributed by atoms with Crippen LogP contribution in [0, 0.1) is 0 Å². The van der Waals surface area contributed by atoms with E-state index in [0.717, 1.165) is 29.7 Å². The van der Waals surface area contributed by atoms with Crippen LogP contribution in [0.5, 0.6) is 0 Å². The molecule has 4 atom stereocenters. The van der Waals surface area contributed by atoms with Gasteiger partial charge >= 0.3 is 0 Å². The molecule has 6 rings (SSSR count). The van der Waals surface area contributed by atoms with Crippen molar-refractivity contribution in [3.63, 3.8) is 0 Å². The molecule has 10 heteroatoms. The maximum absolute atomic E-state index is 6.19. The number of aromatic nitrogens is 6. The van der Waals surface area contributed by atoms with E-state index in [4.69, 9.17) is 29.0 Å². The second-order valence-electron chi connectivity index (χ2n) is 8.62. The molecule has 0 spiro atoms. The second-order valence-corrected chi connectivity index (χ2v) is 9.50. The quantitative estimate of drug-likeness (QED) is 0.256. The number of hydrazone groups is 1. The summed E-state index contributed by atoms with van der Waals surface area (Å²) in [6.45, 7) is 0. The van der Waals surface area contributed by atoms with Gasteiger partial charge in [0.1, 0.15) is 36.4 Å². The lowest BCUT2D eigenvalue weighted by Gasteiger charge is -2.28. The van der Waals surface area contributed by atoms with Crippen molar-refractivity contribution in [2.75, 3.05) is 0 Å². The van der Waals surface area contributed by atoms with E-state index < -0.39 is 11.1 Å². The fourth-order valence-electron chi connectivity index (χ4n) is 5.36. The largest absolute Gasteiger partial charge is 0.323 e. The summed E-state index contributed by atoms with van der Waals surface area (Å²) in [7, 11) is 0. The molecule has 4 aromatic rings. The number of hydrogen-bond donors (Lipinski definition) is 1. The number of rotatable bonds is 6. The third kappa shape index (κ3) is 3.01. The van der Waals surface area contributed by atoms with Crippen molar-refractivity contribution in [3.8, 4) is 0 Å². The van der Waals surface area contributed by atoms with Gasteiger partial charge in [-0.1, -0.05) is 47.5 Å². The monoisotopic (exact) mass is 478 g/mol. The van der Waals surface area contributed by atoms with Gasteiger partial charge in [0.15, 0.2) is 0 Å². The summed E-state index contributed by atoms with van der Waals surface area (Å²) in [6.07, 6.45) is 8.12. The van der Waals surface area contributed by atoms with Crippen molar-refractivity contribution in [1.29, 1.82) is 0 Å². The summed E-state index contributed by atoms with van der Waals surface area (Å²) < 4.78 is 3.77. The molecule has 2 saturated carbocycles. The lowest BCUT2D eigenvalue weighted by molar-refractivity contribution is 0.460. The molecule has 2 aliphatic rings. The SMILES string of the molecule is NN=C(C1(n2cncn2)CC1c1ccc(Cl)cc1)C1(n2cncn2)CC1c1ccc(Cl)cc1. The Labute approximate surface area is 200 Å². The van der Waals surface area contributed by atoms with Gasteiger partial charge in [0, 0.05) is 21.9 Å². The highest BCUT2D eigenvalue weighted by atomic mass is 35.5. The number of nitrogens with two attached hydrogens (primary N) is 1. The van der Waals surface area contributed by atoms with Crippen LogP contribution in [0.4, 0.5) is 0 Å². The molecule has 0 bridgehead atoms. The van der Waals surface area contributed by atoms with E-state index in [1.807, 2.05) is 57.9 Å². The summed E-state index contributed by atoms with van der Waals surface area (Å²) in [5.74, 6) is 6.42. The normalized spacial score (nSPS) is 27.8. The van der Waals surface area contributed by atoms with Crippen molar-refractivity contribution < 1.29 is 0 Å². The van der Waals surface area contributed by atoms with E-state index >= 15 is 0 Å². The molecule has 0 aliphatic heterocycles. The zero-order valence-electron chi connectivity index (χ0n) is 17.5. The molecule has 166 valence electrons. The number of nitrogens with zero attached hydrogens (tertiary/aromatic N) is 7. The zero-order valence-corrected chi connectivity index (χ0v) is 19.0. The van der Waals surface area contributed by atoms with Gasteiger partial charge in [0.2, 0.25) is 0 Å². The standard InChI is InChI=1S/C23H20Cl2N8/c24-17-5-1-15(2-6-17)19-9-22(19,32-13-27-11-29-32)21(31-26)23(33-14-28-12-30-33)10-20(23)16-3-7-18(25)8-4-16/h1-8,11-14,19-20H,9-10,26H2. The number of benzene rings is 2. The average molecular weight is 479 g/mol. The Hall–Kier alpha value is -3.23. The first-order chi connectivity index (χ1) is 16.1. The second kappa shape index (κ2) is 7.40. The highest BCUT2D eigenvalue weighted by molar-refractivity contribution is 6.30. The van der Waals surface area contributed by atoms with Crippen molar-refractivity contribution in [2.45, 2.75) is 35.8 Å². The summed E-state index contributed by atoms with van der Waals surface area (Å²) in [5, 5.41) is 14.9. The minimum atomic E-state index is -0.563. The van der Waals surface area contributed by atoms with Gasteiger partial charge in [0.25, 0.3) is 0 Å². The Morgan fingerprint density at radius 2 is 1.21 bits per heavy atom. The molecule has 8 nitrogen and oxygen atoms in total. The maximum atomic E-state index is 6.19. The van der Waals surface area contributed by atoms with Gasteiger partial charge in [-0.3, -0.25) is 0 Å². The summed E-state index contributed by atoms with van der Waals surface area (Å²) in [4.78, 5) is 8.45. The molecule has 0 amide bonds. The van der Waals surface area contributed by atoms with E-state index in [1.54, 1.807) is 25.3 Å². The molecule has 0 radical (unpaired) electrons. The van der Waals surface area contributed by atoms with Gasteiger partial charge in [-0.2, -0.15) is 15.3 Å². The van der Waals surface area contributed by atoms with Gasteiger partial charge in [-0.15, -0.1) is 0 Å². The number of halogens is 2. The topological polar surface area (TPSA) is 99.8 Å².